The highest BCUT2D eigenvalue weighted by Crippen LogP contribution is 2.03. The van der Waals surface area contributed by atoms with Crippen LogP contribution in [0.4, 0.5) is 5.82 Å². The van der Waals surface area contributed by atoms with Gasteiger partial charge in [0.15, 0.2) is 12.4 Å². The first-order valence-corrected chi connectivity index (χ1v) is 4.98. The quantitative estimate of drug-likeness (QED) is 0.787. The van der Waals surface area contributed by atoms with Gasteiger partial charge in [-0.1, -0.05) is 0 Å². The number of nitrogens with one attached hydrogen (secondary N) is 1. The molecule has 92 valence electrons. The van der Waals surface area contributed by atoms with Crippen molar-refractivity contribution in [3.63, 3.8) is 0 Å². The van der Waals surface area contributed by atoms with Gasteiger partial charge in [-0.15, -0.1) is 5.10 Å². The molecule has 0 fully saturated rings. The van der Waals surface area contributed by atoms with Crippen molar-refractivity contribution in [2.45, 2.75) is 6.54 Å². The molecular formula is C10H9N5O3. The van der Waals surface area contributed by atoms with Crippen LogP contribution in [0, 0.1) is 0 Å². The molecule has 2 aromatic heterocycles. The minimum Gasteiger partial charge on any atom is -0.480 e. The van der Waals surface area contributed by atoms with Gasteiger partial charge < -0.3 is 10.4 Å². The van der Waals surface area contributed by atoms with Crippen LogP contribution in [0.2, 0.25) is 0 Å². The lowest BCUT2D eigenvalue weighted by Crippen LogP contribution is -2.14. The fraction of sp³-hybridized carbons (Fsp3) is 0.100. The van der Waals surface area contributed by atoms with Gasteiger partial charge in [0, 0.05) is 12.4 Å². The van der Waals surface area contributed by atoms with Crippen LogP contribution in [-0.2, 0) is 11.3 Å². The molecule has 1 amide bonds. The maximum atomic E-state index is 11.7. The number of aliphatic carboxylic acids is 1. The molecule has 0 aliphatic carbocycles. The van der Waals surface area contributed by atoms with E-state index in [9.17, 15) is 9.59 Å². The fourth-order valence-corrected chi connectivity index (χ4v) is 1.24. The summed E-state index contributed by atoms with van der Waals surface area (Å²) in [6.07, 6.45) is 4.24. The van der Waals surface area contributed by atoms with Crippen molar-refractivity contribution in [2.24, 2.45) is 0 Å². The number of pyridine rings is 1. The minimum atomic E-state index is -1.06. The lowest BCUT2D eigenvalue weighted by atomic mass is 10.3. The van der Waals surface area contributed by atoms with Gasteiger partial charge in [-0.25, -0.2) is 0 Å². The van der Waals surface area contributed by atoms with Crippen molar-refractivity contribution in [2.75, 3.05) is 5.32 Å². The van der Waals surface area contributed by atoms with Crippen molar-refractivity contribution < 1.29 is 14.7 Å². The van der Waals surface area contributed by atoms with E-state index in [0.717, 1.165) is 4.80 Å². The summed E-state index contributed by atoms with van der Waals surface area (Å²) < 4.78 is 0. The summed E-state index contributed by atoms with van der Waals surface area (Å²) >= 11 is 0. The normalized spacial score (nSPS) is 10.0. The van der Waals surface area contributed by atoms with E-state index in [1.807, 2.05) is 0 Å². The second kappa shape index (κ2) is 5.04. The molecule has 2 aromatic rings. The Morgan fingerprint density at radius 3 is 2.89 bits per heavy atom. The molecule has 0 saturated heterocycles. The second-order valence-corrected chi connectivity index (χ2v) is 3.35. The summed E-state index contributed by atoms with van der Waals surface area (Å²) in [5.41, 5.74) is 0.380. The monoisotopic (exact) mass is 247 g/mol. The molecule has 0 bridgehead atoms. The van der Waals surface area contributed by atoms with E-state index in [0.29, 0.717) is 5.56 Å². The number of rotatable bonds is 4. The van der Waals surface area contributed by atoms with Gasteiger partial charge in [-0.05, 0) is 12.1 Å². The molecule has 2 heterocycles. The summed E-state index contributed by atoms with van der Waals surface area (Å²) in [6.45, 7) is -0.358. The van der Waals surface area contributed by atoms with Crippen LogP contribution in [0.15, 0.2) is 30.7 Å². The van der Waals surface area contributed by atoms with Crippen LogP contribution >= 0.6 is 0 Å². The number of carboxylic acid groups (broad SMARTS) is 1. The number of carbonyl (C=O) groups excluding carboxylic acids is 1. The number of aromatic nitrogens is 4. The van der Waals surface area contributed by atoms with Gasteiger partial charge >= 0.3 is 5.97 Å². The van der Waals surface area contributed by atoms with E-state index < -0.39 is 5.97 Å². The second-order valence-electron chi connectivity index (χ2n) is 3.35. The number of carboxylic acids is 1. The molecule has 2 N–H and O–H groups in total. The molecule has 0 atom stereocenters. The highest BCUT2D eigenvalue weighted by Gasteiger charge is 2.09. The molecule has 0 aliphatic heterocycles. The number of hydrogen-bond acceptors (Lipinski definition) is 5. The van der Waals surface area contributed by atoms with Crippen LogP contribution < -0.4 is 5.32 Å². The van der Waals surface area contributed by atoms with Gasteiger partial charge in [-0.3, -0.25) is 14.6 Å². The average molecular weight is 247 g/mol. The van der Waals surface area contributed by atoms with Crippen LogP contribution in [0.3, 0.4) is 0 Å². The highest BCUT2D eigenvalue weighted by molar-refractivity contribution is 6.03. The van der Waals surface area contributed by atoms with Gasteiger partial charge in [0.2, 0.25) is 0 Å². The molecule has 0 radical (unpaired) electrons. The van der Waals surface area contributed by atoms with Gasteiger partial charge in [-0.2, -0.15) is 9.90 Å². The molecule has 0 unspecified atom stereocenters. The van der Waals surface area contributed by atoms with Crippen molar-refractivity contribution >= 4 is 17.7 Å². The van der Waals surface area contributed by atoms with Crippen LogP contribution in [-0.4, -0.2) is 37.0 Å². The zero-order valence-corrected chi connectivity index (χ0v) is 9.15. The van der Waals surface area contributed by atoms with E-state index in [1.54, 1.807) is 18.3 Å². The summed E-state index contributed by atoms with van der Waals surface area (Å²) in [5, 5.41) is 18.5. The maximum absolute atomic E-state index is 11.7. The molecule has 0 aromatic carbocycles. The average Bonchev–Trinajstić information content (AvgIpc) is 2.76. The number of anilines is 1. The number of nitrogens with zero attached hydrogens (tertiary/aromatic N) is 4. The standard InChI is InChI=1S/C10H9N5O3/c16-9(17)6-15-12-5-8(14-15)13-10(18)7-2-1-3-11-4-7/h1-5H,6H2,(H,16,17)(H,13,14,18). The first kappa shape index (κ1) is 11.7. The molecule has 18 heavy (non-hydrogen) atoms. The van der Waals surface area contributed by atoms with Gasteiger partial charge in [0.05, 0.1) is 11.8 Å². The Balaban J connectivity index is 2.04. The predicted octanol–water partition coefficient (Wildman–Crippen LogP) is 0.01000. The number of amides is 1. The maximum Gasteiger partial charge on any atom is 0.327 e. The first-order valence-electron chi connectivity index (χ1n) is 4.98. The van der Waals surface area contributed by atoms with Gasteiger partial charge in [0.25, 0.3) is 5.91 Å². The summed E-state index contributed by atoms with van der Waals surface area (Å²) in [7, 11) is 0. The third kappa shape index (κ3) is 2.88. The highest BCUT2D eigenvalue weighted by atomic mass is 16.4. The Morgan fingerprint density at radius 2 is 2.22 bits per heavy atom. The van der Waals surface area contributed by atoms with E-state index in [2.05, 4.69) is 20.5 Å². The van der Waals surface area contributed by atoms with Crippen molar-refractivity contribution in [1.29, 1.82) is 0 Å². The Labute approximate surface area is 101 Å². The van der Waals surface area contributed by atoms with E-state index in [1.165, 1.54) is 12.4 Å². The zero-order valence-electron chi connectivity index (χ0n) is 9.15. The minimum absolute atomic E-state index is 0.185. The van der Waals surface area contributed by atoms with E-state index >= 15 is 0 Å². The molecule has 8 heteroatoms. The Kier molecular flexibility index (Phi) is 3.28. The Hall–Kier alpha value is -2.77. The third-order valence-corrected chi connectivity index (χ3v) is 1.98. The molecule has 8 nitrogen and oxygen atoms in total. The van der Waals surface area contributed by atoms with Crippen molar-refractivity contribution in [3.05, 3.63) is 36.3 Å². The smallest absolute Gasteiger partial charge is 0.327 e. The van der Waals surface area contributed by atoms with Gasteiger partial charge in [0.1, 0.15) is 0 Å². The number of hydrogen-bond donors (Lipinski definition) is 2. The molecule has 0 spiro atoms. The van der Waals surface area contributed by atoms with Crippen LogP contribution in [0.1, 0.15) is 10.4 Å². The molecule has 0 aliphatic rings. The van der Waals surface area contributed by atoms with E-state index in [4.69, 9.17) is 5.11 Å². The summed E-state index contributed by atoms with van der Waals surface area (Å²) in [4.78, 5) is 26.9. The topological polar surface area (TPSA) is 110 Å². The zero-order chi connectivity index (χ0) is 13.0. The van der Waals surface area contributed by atoms with Crippen LogP contribution in [0.25, 0.3) is 0 Å². The third-order valence-electron chi connectivity index (χ3n) is 1.98. The lowest BCUT2D eigenvalue weighted by molar-refractivity contribution is -0.138. The van der Waals surface area contributed by atoms with E-state index in [-0.39, 0.29) is 18.3 Å². The Bertz CT molecular complexity index is 566. The molecular weight excluding hydrogens is 238 g/mol. The predicted molar refractivity (Wildman–Crippen MR) is 59.8 cm³/mol. The SMILES string of the molecule is O=C(O)Cn1ncc(NC(=O)c2cccnc2)n1. The Morgan fingerprint density at radius 1 is 1.39 bits per heavy atom. The summed E-state index contributed by atoms with van der Waals surface area (Å²) in [5.74, 6) is -1.26. The largest absolute Gasteiger partial charge is 0.480 e. The van der Waals surface area contributed by atoms with Crippen molar-refractivity contribution in [3.8, 4) is 0 Å². The molecule has 0 saturated carbocycles. The first-order chi connectivity index (χ1) is 8.65. The lowest BCUT2D eigenvalue weighted by Gasteiger charge is -1.99. The van der Waals surface area contributed by atoms with Crippen LogP contribution in [0.5, 0.6) is 0 Å². The van der Waals surface area contributed by atoms with Crippen molar-refractivity contribution in [1.82, 2.24) is 20.0 Å². The number of carbonyl (C=O) groups is 2. The summed E-state index contributed by atoms with van der Waals surface area (Å²) in [6, 6.07) is 3.24. The molecule has 2 rings (SSSR count). The fourth-order valence-electron chi connectivity index (χ4n) is 1.24.